The van der Waals surface area contributed by atoms with Crippen LogP contribution in [0.5, 0.6) is 0 Å². The van der Waals surface area contributed by atoms with Crippen LogP contribution in [-0.2, 0) is 32.6 Å². The normalized spacial score (nSPS) is 21.4. The summed E-state index contributed by atoms with van der Waals surface area (Å²) in [5.41, 5.74) is 3.51. The summed E-state index contributed by atoms with van der Waals surface area (Å²) in [5, 5.41) is 14.4. The Kier molecular flexibility index (Phi) is 5.41. The first-order valence-corrected chi connectivity index (χ1v) is 9.76. The summed E-state index contributed by atoms with van der Waals surface area (Å²) >= 11 is 0. The first-order chi connectivity index (χ1) is 14.1. The Labute approximate surface area is 169 Å². The summed E-state index contributed by atoms with van der Waals surface area (Å²) in [6, 6.07) is 17.4. The van der Waals surface area contributed by atoms with E-state index in [0.717, 1.165) is 27.7 Å². The molecule has 0 fully saturated rings. The van der Waals surface area contributed by atoms with Gasteiger partial charge in [0, 0.05) is 43.7 Å². The van der Waals surface area contributed by atoms with Crippen LogP contribution >= 0.6 is 0 Å². The second kappa shape index (κ2) is 7.99. The maximum absolute atomic E-state index is 12.1. The lowest BCUT2D eigenvalue weighted by atomic mass is 9.77. The molecule has 152 valence electrons. The third kappa shape index (κ3) is 3.67. The fourth-order valence-corrected chi connectivity index (χ4v) is 4.49. The van der Waals surface area contributed by atoms with Crippen molar-refractivity contribution in [2.75, 3.05) is 14.2 Å². The Hall–Kier alpha value is -2.67. The number of aromatic nitrogens is 1. The lowest BCUT2D eigenvalue weighted by Crippen LogP contribution is -2.58. The molecule has 0 saturated carbocycles. The fraction of sp³-hybridized carbons (Fsp3) is 0.348. The van der Waals surface area contributed by atoms with Crippen molar-refractivity contribution >= 4 is 16.9 Å². The first-order valence-electron chi connectivity index (χ1n) is 9.76. The molecule has 0 radical (unpaired) electrons. The lowest BCUT2D eigenvalue weighted by molar-refractivity contribution is -0.143. The number of methoxy groups -OCH3 is 2. The summed E-state index contributed by atoms with van der Waals surface area (Å²) in [5.74, 6) is -0.857. The smallest absolute Gasteiger partial charge is 0.321 e. The molecule has 1 aliphatic rings. The second-order valence-electron chi connectivity index (χ2n) is 7.61. The number of fused-ring (bicyclic) bond motifs is 3. The number of para-hydroxylation sites is 1. The van der Waals surface area contributed by atoms with Gasteiger partial charge in [-0.1, -0.05) is 48.5 Å². The van der Waals surface area contributed by atoms with Gasteiger partial charge in [0.2, 0.25) is 0 Å². The fourth-order valence-electron chi connectivity index (χ4n) is 4.49. The maximum atomic E-state index is 12.1. The molecule has 6 heteroatoms. The van der Waals surface area contributed by atoms with Crippen LogP contribution in [0.25, 0.3) is 10.9 Å². The molecule has 0 aliphatic carbocycles. The average molecular weight is 394 g/mol. The van der Waals surface area contributed by atoms with Gasteiger partial charge in [0.15, 0.2) is 6.29 Å². The predicted molar refractivity (Wildman–Crippen MR) is 111 cm³/mol. The zero-order valence-electron chi connectivity index (χ0n) is 16.6. The van der Waals surface area contributed by atoms with Gasteiger partial charge in [0.25, 0.3) is 0 Å². The van der Waals surface area contributed by atoms with Crippen LogP contribution < -0.4 is 5.32 Å². The van der Waals surface area contributed by atoms with Gasteiger partial charge in [-0.15, -0.1) is 0 Å². The van der Waals surface area contributed by atoms with Crippen LogP contribution in [0.3, 0.4) is 0 Å². The number of hydrogen-bond donors (Lipinski definition) is 3. The molecule has 2 atom stereocenters. The molecule has 2 aromatic carbocycles. The molecule has 4 rings (SSSR count). The maximum Gasteiger partial charge on any atom is 0.321 e. The number of aliphatic carboxylic acids is 1. The second-order valence-corrected chi connectivity index (χ2v) is 7.61. The van der Waals surface area contributed by atoms with Gasteiger partial charge in [-0.05, 0) is 23.6 Å². The van der Waals surface area contributed by atoms with E-state index in [1.165, 1.54) is 0 Å². The molecule has 3 N–H and O–H groups in total. The van der Waals surface area contributed by atoms with E-state index in [2.05, 4.69) is 22.4 Å². The predicted octanol–water partition coefficient (Wildman–Crippen LogP) is 3.21. The van der Waals surface area contributed by atoms with Crippen molar-refractivity contribution in [1.82, 2.24) is 10.3 Å². The third-order valence-corrected chi connectivity index (χ3v) is 5.84. The highest BCUT2D eigenvalue weighted by molar-refractivity contribution is 5.87. The highest BCUT2D eigenvalue weighted by atomic mass is 16.7. The molecule has 1 aromatic heterocycles. The van der Waals surface area contributed by atoms with Crippen molar-refractivity contribution in [1.29, 1.82) is 0 Å². The Morgan fingerprint density at radius 3 is 2.52 bits per heavy atom. The summed E-state index contributed by atoms with van der Waals surface area (Å²) < 4.78 is 11.1. The van der Waals surface area contributed by atoms with Crippen LogP contribution in [-0.4, -0.2) is 42.6 Å². The summed E-state index contributed by atoms with van der Waals surface area (Å²) in [4.78, 5) is 15.6. The van der Waals surface area contributed by atoms with Crippen molar-refractivity contribution in [3.63, 3.8) is 0 Å². The van der Waals surface area contributed by atoms with Crippen molar-refractivity contribution in [3.8, 4) is 0 Å². The van der Waals surface area contributed by atoms with Gasteiger partial charge in [0.1, 0.15) is 6.04 Å². The highest BCUT2D eigenvalue weighted by Gasteiger charge is 2.45. The number of aromatic amines is 1. The van der Waals surface area contributed by atoms with Crippen LogP contribution in [0.2, 0.25) is 0 Å². The number of ether oxygens (including phenoxy) is 2. The topological polar surface area (TPSA) is 83.6 Å². The van der Waals surface area contributed by atoms with E-state index in [1.807, 2.05) is 42.5 Å². The van der Waals surface area contributed by atoms with Gasteiger partial charge in [-0.3, -0.25) is 10.1 Å². The van der Waals surface area contributed by atoms with Crippen LogP contribution in [0.1, 0.15) is 23.2 Å². The van der Waals surface area contributed by atoms with E-state index in [1.54, 1.807) is 14.2 Å². The van der Waals surface area contributed by atoms with E-state index in [-0.39, 0.29) is 0 Å². The van der Waals surface area contributed by atoms with Gasteiger partial charge in [-0.25, -0.2) is 0 Å². The van der Waals surface area contributed by atoms with E-state index >= 15 is 0 Å². The van der Waals surface area contributed by atoms with Crippen LogP contribution in [0, 0.1) is 0 Å². The number of H-pyrrole nitrogens is 1. The minimum atomic E-state index is -0.857. The number of benzene rings is 2. The van der Waals surface area contributed by atoms with Crippen molar-refractivity contribution in [2.24, 2.45) is 0 Å². The first kappa shape index (κ1) is 19.6. The monoisotopic (exact) mass is 394 g/mol. The average Bonchev–Trinajstić information content (AvgIpc) is 3.12. The van der Waals surface area contributed by atoms with E-state index in [4.69, 9.17) is 9.47 Å². The molecular formula is C23H26N2O4. The molecule has 3 aromatic rings. The molecule has 0 spiro atoms. The number of carboxylic acid groups (broad SMARTS) is 1. The molecule has 1 unspecified atom stereocenters. The molecule has 1 aliphatic heterocycles. The summed E-state index contributed by atoms with van der Waals surface area (Å²) in [6.45, 7) is 0. The molecule has 0 bridgehead atoms. The van der Waals surface area contributed by atoms with Crippen molar-refractivity contribution in [3.05, 3.63) is 71.4 Å². The molecule has 6 nitrogen and oxygen atoms in total. The van der Waals surface area contributed by atoms with Crippen LogP contribution in [0.4, 0.5) is 0 Å². The Morgan fingerprint density at radius 2 is 1.83 bits per heavy atom. The number of carbonyl (C=O) groups is 1. The molecule has 0 saturated heterocycles. The van der Waals surface area contributed by atoms with Crippen LogP contribution in [0.15, 0.2) is 54.6 Å². The minimum absolute atomic E-state index is 0.426. The summed E-state index contributed by atoms with van der Waals surface area (Å²) in [7, 11) is 3.21. The Balaban J connectivity index is 1.90. The molecular weight excluding hydrogens is 368 g/mol. The molecule has 2 heterocycles. The zero-order chi connectivity index (χ0) is 20.4. The largest absolute Gasteiger partial charge is 0.480 e. The molecule has 0 amide bonds. The van der Waals surface area contributed by atoms with E-state index < -0.39 is 23.8 Å². The highest BCUT2D eigenvalue weighted by Crippen LogP contribution is 2.40. The SMILES string of the molecule is COC(C[C@]1(Cc2ccccc2)NC(C(=O)O)Cc2c1[nH]c1ccccc21)OC. The minimum Gasteiger partial charge on any atom is -0.480 e. The third-order valence-electron chi connectivity index (χ3n) is 5.84. The van der Waals surface area contributed by atoms with Crippen molar-refractivity contribution < 1.29 is 19.4 Å². The number of carboxylic acids is 1. The van der Waals surface area contributed by atoms with E-state index in [0.29, 0.717) is 19.3 Å². The Bertz CT molecular complexity index is 997. The Morgan fingerprint density at radius 1 is 1.14 bits per heavy atom. The quantitative estimate of drug-likeness (QED) is 0.536. The number of nitrogens with one attached hydrogen (secondary N) is 2. The zero-order valence-corrected chi connectivity index (χ0v) is 16.6. The molecule has 29 heavy (non-hydrogen) atoms. The standard InChI is InChI=1S/C23H26N2O4/c1-28-20(29-2)14-23(13-15-8-4-3-5-9-15)21-17(12-19(25-23)22(26)27)16-10-6-7-11-18(16)24-21/h3-11,19-20,24-25H,12-14H2,1-2H3,(H,26,27)/t19?,23-/m0/s1. The summed E-state index contributed by atoms with van der Waals surface area (Å²) in [6.07, 6.45) is 1.03. The van der Waals surface area contributed by atoms with Gasteiger partial charge >= 0.3 is 5.97 Å². The van der Waals surface area contributed by atoms with E-state index in [9.17, 15) is 9.90 Å². The van der Waals surface area contributed by atoms with Gasteiger partial charge in [-0.2, -0.15) is 0 Å². The lowest BCUT2D eigenvalue weighted by Gasteiger charge is -2.42. The number of hydrogen-bond acceptors (Lipinski definition) is 4. The number of rotatable bonds is 7. The van der Waals surface area contributed by atoms with Gasteiger partial charge < -0.3 is 19.6 Å². The van der Waals surface area contributed by atoms with Gasteiger partial charge in [0.05, 0.1) is 5.54 Å². The van der Waals surface area contributed by atoms with Crippen molar-refractivity contribution in [2.45, 2.75) is 37.1 Å².